The average molecular weight is 321 g/mol. The van der Waals surface area contributed by atoms with Gasteiger partial charge >= 0.3 is 12.1 Å². The molecule has 6 nitrogen and oxygen atoms in total. The van der Waals surface area contributed by atoms with Gasteiger partial charge in [0.1, 0.15) is 11.4 Å². The molecule has 2 N–H and O–H groups in total. The van der Waals surface area contributed by atoms with Gasteiger partial charge in [-0.05, 0) is 44.9 Å². The Balaban J connectivity index is 2.78. The lowest BCUT2D eigenvalue weighted by Gasteiger charge is -2.22. The van der Waals surface area contributed by atoms with Crippen molar-refractivity contribution in [3.05, 3.63) is 42.0 Å². The number of nitrogens with one attached hydrogen (secondary N) is 1. The second-order valence-corrected chi connectivity index (χ2v) is 6.00. The number of methoxy groups -OCH3 is 1. The molecule has 1 atom stereocenters. The van der Waals surface area contributed by atoms with Crippen LogP contribution in [0, 0.1) is 0 Å². The lowest BCUT2D eigenvalue weighted by Crippen LogP contribution is -2.39. The van der Waals surface area contributed by atoms with Gasteiger partial charge in [-0.25, -0.2) is 9.59 Å². The monoisotopic (exact) mass is 321 g/mol. The number of carboxylic acids is 1. The number of alkyl carbamates (subject to hydrolysis) is 1. The first-order chi connectivity index (χ1) is 10.7. The number of ether oxygens (including phenoxy) is 2. The van der Waals surface area contributed by atoms with Crippen molar-refractivity contribution >= 4 is 12.1 Å². The SMILES string of the molecule is COc1ccc(CC(C=CC(=O)O)NC(=O)OC(C)(C)C)cc1. The van der Waals surface area contributed by atoms with Gasteiger partial charge in [-0.3, -0.25) is 0 Å². The fourth-order valence-corrected chi connectivity index (χ4v) is 1.84. The zero-order valence-electron chi connectivity index (χ0n) is 13.8. The number of carbonyl (C=O) groups excluding carboxylic acids is 1. The third kappa shape index (κ3) is 7.90. The summed E-state index contributed by atoms with van der Waals surface area (Å²) in [6.45, 7) is 5.29. The Kier molecular flexibility index (Phi) is 6.63. The van der Waals surface area contributed by atoms with Crippen LogP contribution in [-0.4, -0.2) is 35.9 Å². The summed E-state index contributed by atoms with van der Waals surface area (Å²) in [5.74, 6) is -0.345. The number of carbonyl (C=O) groups is 2. The molecule has 1 unspecified atom stereocenters. The molecule has 0 fully saturated rings. The number of amides is 1. The number of rotatable bonds is 6. The van der Waals surface area contributed by atoms with E-state index in [0.29, 0.717) is 6.42 Å². The predicted molar refractivity (Wildman–Crippen MR) is 86.6 cm³/mol. The molecule has 0 saturated carbocycles. The van der Waals surface area contributed by atoms with E-state index < -0.39 is 23.7 Å². The van der Waals surface area contributed by atoms with E-state index in [1.165, 1.54) is 6.08 Å². The molecule has 0 aliphatic carbocycles. The fourth-order valence-electron chi connectivity index (χ4n) is 1.84. The number of aliphatic carboxylic acids is 1. The Morgan fingerprint density at radius 3 is 2.35 bits per heavy atom. The molecule has 0 bridgehead atoms. The molecule has 6 heteroatoms. The average Bonchev–Trinajstić information content (AvgIpc) is 2.43. The minimum absolute atomic E-state index is 0.438. The lowest BCUT2D eigenvalue weighted by molar-refractivity contribution is -0.131. The highest BCUT2D eigenvalue weighted by atomic mass is 16.6. The molecule has 0 heterocycles. The van der Waals surface area contributed by atoms with Crippen molar-refractivity contribution in [3.63, 3.8) is 0 Å². The van der Waals surface area contributed by atoms with Crippen LogP contribution in [0.2, 0.25) is 0 Å². The molecule has 0 saturated heterocycles. The topological polar surface area (TPSA) is 84.9 Å². The van der Waals surface area contributed by atoms with Gasteiger partial charge in [0.05, 0.1) is 13.2 Å². The zero-order valence-corrected chi connectivity index (χ0v) is 13.8. The first kappa shape index (κ1) is 18.5. The molecule has 1 amide bonds. The maximum absolute atomic E-state index is 11.9. The summed E-state index contributed by atoms with van der Waals surface area (Å²) in [4.78, 5) is 22.6. The molecule has 1 aromatic carbocycles. The van der Waals surface area contributed by atoms with Crippen LogP contribution in [0.25, 0.3) is 0 Å². The highest BCUT2D eigenvalue weighted by molar-refractivity contribution is 5.80. The van der Waals surface area contributed by atoms with E-state index in [0.717, 1.165) is 17.4 Å². The van der Waals surface area contributed by atoms with Crippen molar-refractivity contribution in [2.45, 2.75) is 38.8 Å². The Labute approximate surface area is 136 Å². The normalized spacial score (nSPS) is 12.7. The molecule has 0 aliphatic rings. The van der Waals surface area contributed by atoms with Crippen LogP contribution in [0.4, 0.5) is 4.79 Å². The highest BCUT2D eigenvalue weighted by Gasteiger charge is 2.18. The van der Waals surface area contributed by atoms with Crippen molar-refractivity contribution in [2.24, 2.45) is 0 Å². The number of hydrogen-bond donors (Lipinski definition) is 2. The molecule has 0 aromatic heterocycles. The summed E-state index contributed by atoms with van der Waals surface area (Å²) in [6.07, 6.45) is 2.28. The largest absolute Gasteiger partial charge is 0.497 e. The van der Waals surface area contributed by atoms with Gasteiger partial charge in [0.2, 0.25) is 0 Å². The zero-order chi connectivity index (χ0) is 17.5. The van der Waals surface area contributed by atoms with Crippen LogP contribution >= 0.6 is 0 Å². The molecule has 23 heavy (non-hydrogen) atoms. The summed E-state index contributed by atoms with van der Waals surface area (Å²) in [6, 6.07) is 6.84. The Hall–Kier alpha value is -2.50. The minimum atomic E-state index is -1.07. The van der Waals surface area contributed by atoms with Gasteiger partial charge in [0.15, 0.2) is 0 Å². The quantitative estimate of drug-likeness (QED) is 0.787. The third-order valence-electron chi connectivity index (χ3n) is 2.79. The Morgan fingerprint density at radius 2 is 1.87 bits per heavy atom. The van der Waals surface area contributed by atoms with E-state index in [1.54, 1.807) is 40.0 Å². The van der Waals surface area contributed by atoms with E-state index in [1.807, 2.05) is 12.1 Å². The third-order valence-corrected chi connectivity index (χ3v) is 2.79. The van der Waals surface area contributed by atoms with Crippen LogP contribution in [0.1, 0.15) is 26.3 Å². The minimum Gasteiger partial charge on any atom is -0.497 e. The summed E-state index contributed by atoms with van der Waals surface area (Å²) in [5, 5.41) is 11.4. The maximum atomic E-state index is 11.9. The lowest BCUT2D eigenvalue weighted by atomic mass is 10.1. The van der Waals surface area contributed by atoms with Crippen molar-refractivity contribution in [1.82, 2.24) is 5.32 Å². The van der Waals surface area contributed by atoms with Gasteiger partial charge in [-0.15, -0.1) is 0 Å². The fraction of sp³-hybridized carbons (Fsp3) is 0.412. The Bertz CT molecular complexity index is 557. The van der Waals surface area contributed by atoms with Crippen LogP contribution in [0.15, 0.2) is 36.4 Å². The molecule has 0 radical (unpaired) electrons. The molecular formula is C17H23NO5. The summed E-state index contributed by atoms with van der Waals surface area (Å²) in [7, 11) is 1.58. The summed E-state index contributed by atoms with van der Waals surface area (Å²) < 4.78 is 10.3. The Morgan fingerprint density at radius 1 is 1.26 bits per heavy atom. The predicted octanol–water partition coefficient (Wildman–Crippen LogP) is 2.77. The first-order valence-corrected chi connectivity index (χ1v) is 7.23. The van der Waals surface area contributed by atoms with Gasteiger partial charge in [-0.2, -0.15) is 0 Å². The van der Waals surface area contributed by atoms with E-state index in [-0.39, 0.29) is 0 Å². The van der Waals surface area contributed by atoms with Crippen molar-refractivity contribution in [1.29, 1.82) is 0 Å². The molecule has 0 spiro atoms. The van der Waals surface area contributed by atoms with E-state index in [9.17, 15) is 9.59 Å². The molecule has 0 aliphatic heterocycles. The van der Waals surface area contributed by atoms with E-state index >= 15 is 0 Å². The maximum Gasteiger partial charge on any atom is 0.408 e. The van der Waals surface area contributed by atoms with Crippen molar-refractivity contribution in [2.75, 3.05) is 7.11 Å². The van der Waals surface area contributed by atoms with Gasteiger partial charge in [0.25, 0.3) is 0 Å². The second-order valence-electron chi connectivity index (χ2n) is 6.00. The van der Waals surface area contributed by atoms with Crippen molar-refractivity contribution in [3.8, 4) is 5.75 Å². The van der Waals surface area contributed by atoms with Crippen molar-refractivity contribution < 1.29 is 24.2 Å². The molecule has 1 rings (SSSR count). The van der Waals surface area contributed by atoms with E-state index in [2.05, 4.69) is 5.32 Å². The number of carboxylic acid groups (broad SMARTS) is 1. The summed E-state index contributed by atoms with van der Waals surface area (Å²) in [5.41, 5.74) is 0.313. The molecular weight excluding hydrogens is 298 g/mol. The number of benzene rings is 1. The standard InChI is InChI=1S/C17H23NO5/c1-17(2,3)23-16(21)18-13(7-10-15(19)20)11-12-5-8-14(22-4)9-6-12/h5-10,13H,11H2,1-4H3,(H,18,21)(H,19,20). The van der Waals surface area contributed by atoms with Crippen LogP contribution in [0.5, 0.6) is 5.75 Å². The van der Waals surface area contributed by atoms with Gasteiger partial charge in [-0.1, -0.05) is 18.2 Å². The van der Waals surface area contributed by atoms with E-state index in [4.69, 9.17) is 14.6 Å². The van der Waals surface area contributed by atoms with Gasteiger partial charge in [0, 0.05) is 6.08 Å². The molecule has 1 aromatic rings. The van der Waals surface area contributed by atoms with Crippen LogP contribution < -0.4 is 10.1 Å². The first-order valence-electron chi connectivity index (χ1n) is 7.23. The summed E-state index contributed by atoms with van der Waals surface area (Å²) >= 11 is 0. The van der Waals surface area contributed by atoms with Crippen LogP contribution in [-0.2, 0) is 16.0 Å². The second kappa shape index (κ2) is 8.22. The van der Waals surface area contributed by atoms with Crippen LogP contribution in [0.3, 0.4) is 0 Å². The molecule has 126 valence electrons. The highest BCUT2D eigenvalue weighted by Crippen LogP contribution is 2.14. The van der Waals surface area contributed by atoms with Gasteiger partial charge < -0.3 is 19.9 Å². The smallest absolute Gasteiger partial charge is 0.408 e. The number of hydrogen-bond acceptors (Lipinski definition) is 4.